The molecule has 72 valence electrons. The monoisotopic (exact) mass is 210 g/mol. The molecule has 0 amide bonds. The summed E-state index contributed by atoms with van der Waals surface area (Å²) in [6.07, 6.45) is 0. The van der Waals surface area contributed by atoms with E-state index in [0.717, 1.165) is 0 Å². The first kappa shape index (κ1) is 11.8. The van der Waals surface area contributed by atoms with Crippen LogP contribution in [0.1, 0.15) is 13.8 Å². The Bertz CT molecular complexity index is 246. The highest BCUT2D eigenvalue weighted by molar-refractivity contribution is 7.89. The van der Waals surface area contributed by atoms with Crippen molar-refractivity contribution in [1.29, 1.82) is 0 Å². The molecule has 0 bridgehead atoms. The van der Waals surface area contributed by atoms with Gasteiger partial charge in [-0.15, -0.1) is 0 Å². The van der Waals surface area contributed by atoms with E-state index in [-0.39, 0.29) is 23.2 Å². The van der Waals surface area contributed by atoms with Gasteiger partial charge in [0.25, 0.3) is 0 Å². The first-order chi connectivity index (χ1) is 5.33. The van der Waals surface area contributed by atoms with Gasteiger partial charge in [-0.3, -0.25) is 0 Å². The van der Waals surface area contributed by atoms with Crippen LogP contribution in [-0.4, -0.2) is 25.7 Å². The van der Waals surface area contributed by atoms with Crippen LogP contribution in [0.2, 0.25) is 0 Å². The fourth-order valence-corrected chi connectivity index (χ4v) is 2.21. The van der Waals surface area contributed by atoms with Gasteiger partial charge >= 0.3 is 0 Å². The van der Waals surface area contributed by atoms with E-state index in [4.69, 9.17) is 5.73 Å². The summed E-state index contributed by atoms with van der Waals surface area (Å²) >= 11 is 4.53. The third-order valence-electron chi connectivity index (χ3n) is 1.02. The van der Waals surface area contributed by atoms with Gasteiger partial charge in [-0.25, -0.2) is 13.1 Å². The molecule has 12 heavy (non-hydrogen) atoms. The third kappa shape index (κ3) is 6.51. The van der Waals surface area contributed by atoms with Crippen molar-refractivity contribution in [3.8, 4) is 0 Å². The summed E-state index contributed by atoms with van der Waals surface area (Å²) < 4.78 is 24.5. The molecule has 0 aromatic carbocycles. The molecule has 0 atom stereocenters. The molecule has 0 saturated carbocycles. The predicted molar refractivity (Wildman–Crippen MR) is 53.4 cm³/mol. The number of nitrogens with one attached hydrogen (secondary N) is 1. The second kappa shape index (κ2) is 4.74. The average molecular weight is 210 g/mol. The maximum Gasteiger partial charge on any atom is 0.212 e. The molecule has 0 aromatic heterocycles. The van der Waals surface area contributed by atoms with Gasteiger partial charge < -0.3 is 5.73 Å². The summed E-state index contributed by atoms with van der Waals surface area (Å²) in [7, 11) is -3.19. The Kier molecular flexibility index (Phi) is 4.66. The molecule has 3 N–H and O–H groups in total. The van der Waals surface area contributed by atoms with Crippen LogP contribution >= 0.6 is 12.2 Å². The Balaban J connectivity index is 3.98. The largest absolute Gasteiger partial charge is 0.392 e. The summed E-state index contributed by atoms with van der Waals surface area (Å²) in [6.45, 7) is 3.71. The number of hydrogen-bond donors (Lipinski definition) is 2. The van der Waals surface area contributed by atoms with E-state index in [2.05, 4.69) is 16.9 Å². The van der Waals surface area contributed by atoms with Gasteiger partial charge in [-0.2, -0.15) is 0 Å². The van der Waals surface area contributed by atoms with Gasteiger partial charge in [0.2, 0.25) is 10.0 Å². The zero-order valence-corrected chi connectivity index (χ0v) is 8.83. The van der Waals surface area contributed by atoms with Crippen molar-refractivity contribution in [3.05, 3.63) is 0 Å². The molecule has 4 nitrogen and oxygen atoms in total. The quantitative estimate of drug-likeness (QED) is 0.619. The van der Waals surface area contributed by atoms with Gasteiger partial charge in [0, 0.05) is 0 Å². The van der Waals surface area contributed by atoms with Crippen LogP contribution in [0.3, 0.4) is 0 Å². The molecule has 0 fully saturated rings. The lowest BCUT2D eigenvalue weighted by atomic mass is 10.3. The highest BCUT2D eigenvalue weighted by Gasteiger charge is 2.11. The molecule has 0 heterocycles. The molecule has 0 aliphatic heterocycles. The lowest BCUT2D eigenvalue weighted by Crippen LogP contribution is -2.34. The van der Waals surface area contributed by atoms with Crippen molar-refractivity contribution in [1.82, 2.24) is 4.72 Å². The number of hydrogen-bond acceptors (Lipinski definition) is 3. The van der Waals surface area contributed by atoms with Crippen LogP contribution in [0, 0.1) is 5.92 Å². The number of thiocarbonyl (C=S) groups is 1. The van der Waals surface area contributed by atoms with Crippen molar-refractivity contribution >= 4 is 27.2 Å². The van der Waals surface area contributed by atoms with Crippen molar-refractivity contribution in [2.45, 2.75) is 13.8 Å². The number of rotatable bonds is 5. The molecule has 0 unspecified atom stereocenters. The zero-order chi connectivity index (χ0) is 9.78. The highest BCUT2D eigenvalue weighted by atomic mass is 32.2. The van der Waals surface area contributed by atoms with Gasteiger partial charge in [0.05, 0.1) is 17.3 Å². The van der Waals surface area contributed by atoms with Crippen molar-refractivity contribution < 1.29 is 8.42 Å². The minimum atomic E-state index is -3.19. The smallest absolute Gasteiger partial charge is 0.212 e. The first-order valence-corrected chi connectivity index (χ1v) is 5.65. The summed E-state index contributed by atoms with van der Waals surface area (Å²) in [6, 6.07) is 0. The summed E-state index contributed by atoms with van der Waals surface area (Å²) in [5.41, 5.74) is 5.13. The average Bonchev–Trinajstić information content (AvgIpc) is 1.81. The Labute approximate surface area is 78.6 Å². The number of nitrogens with two attached hydrogens (primary N) is 1. The van der Waals surface area contributed by atoms with Crippen LogP contribution < -0.4 is 10.5 Å². The molecule has 0 radical (unpaired) electrons. The minimum absolute atomic E-state index is 0.0460. The molecule has 0 aliphatic rings. The SMILES string of the molecule is CC(C)CS(=O)(=O)NCC(N)=S. The lowest BCUT2D eigenvalue weighted by Gasteiger charge is -2.07. The van der Waals surface area contributed by atoms with Crippen molar-refractivity contribution in [3.63, 3.8) is 0 Å². The predicted octanol–water partition coefficient (Wildman–Crippen LogP) is -0.152. The molecule has 0 aliphatic carbocycles. The van der Waals surface area contributed by atoms with E-state index in [9.17, 15) is 8.42 Å². The van der Waals surface area contributed by atoms with Crippen molar-refractivity contribution in [2.24, 2.45) is 11.7 Å². The topological polar surface area (TPSA) is 72.2 Å². The fraction of sp³-hybridized carbons (Fsp3) is 0.833. The van der Waals surface area contributed by atoms with Crippen molar-refractivity contribution in [2.75, 3.05) is 12.3 Å². The normalized spacial score (nSPS) is 11.9. The molecular weight excluding hydrogens is 196 g/mol. The molecule has 0 aromatic rings. The molecule has 0 saturated heterocycles. The Hall–Kier alpha value is -0.200. The highest BCUT2D eigenvalue weighted by Crippen LogP contribution is 1.96. The molecule has 0 rings (SSSR count). The standard InChI is InChI=1S/C6H14N2O2S2/c1-5(2)4-12(9,10)8-3-6(7)11/h5,8H,3-4H2,1-2H3,(H2,7,11). The Morgan fingerprint density at radius 1 is 1.58 bits per heavy atom. The zero-order valence-electron chi connectivity index (χ0n) is 7.20. The van der Waals surface area contributed by atoms with Gasteiger partial charge in [0.1, 0.15) is 0 Å². The molecule has 6 heteroatoms. The van der Waals surface area contributed by atoms with Gasteiger partial charge in [-0.05, 0) is 5.92 Å². The summed E-state index contributed by atoms with van der Waals surface area (Å²) in [5, 5.41) is 0. The first-order valence-electron chi connectivity index (χ1n) is 3.59. The van der Waals surface area contributed by atoms with E-state index < -0.39 is 10.0 Å². The van der Waals surface area contributed by atoms with Gasteiger partial charge in [-0.1, -0.05) is 26.1 Å². The molecular formula is C6H14N2O2S2. The maximum absolute atomic E-state index is 11.1. The minimum Gasteiger partial charge on any atom is -0.392 e. The van der Waals surface area contributed by atoms with Crippen LogP contribution in [-0.2, 0) is 10.0 Å². The van der Waals surface area contributed by atoms with E-state index in [1.165, 1.54) is 0 Å². The summed E-state index contributed by atoms with van der Waals surface area (Å²) in [5.74, 6) is 0.212. The number of sulfonamides is 1. The van der Waals surface area contributed by atoms with Crippen LogP contribution in [0.4, 0.5) is 0 Å². The van der Waals surface area contributed by atoms with Gasteiger partial charge in [0.15, 0.2) is 0 Å². The van der Waals surface area contributed by atoms with E-state index in [1.807, 2.05) is 13.8 Å². The Morgan fingerprint density at radius 3 is 2.42 bits per heavy atom. The molecule has 0 spiro atoms. The van der Waals surface area contributed by atoms with Crippen LogP contribution in [0.5, 0.6) is 0 Å². The van der Waals surface area contributed by atoms with E-state index >= 15 is 0 Å². The van der Waals surface area contributed by atoms with E-state index in [1.54, 1.807) is 0 Å². The van der Waals surface area contributed by atoms with Crippen LogP contribution in [0.25, 0.3) is 0 Å². The van der Waals surface area contributed by atoms with E-state index in [0.29, 0.717) is 0 Å². The maximum atomic E-state index is 11.1. The Morgan fingerprint density at radius 2 is 2.08 bits per heavy atom. The fourth-order valence-electron chi connectivity index (χ4n) is 0.679. The van der Waals surface area contributed by atoms with Crippen LogP contribution in [0.15, 0.2) is 0 Å². The second-order valence-electron chi connectivity index (χ2n) is 2.96. The third-order valence-corrected chi connectivity index (χ3v) is 2.85. The second-order valence-corrected chi connectivity index (χ2v) is 5.34. The lowest BCUT2D eigenvalue weighted by molar-refractivity contribution is 0.573. The summed E-state index contributed by atoms with van der Waals surface area (Å²) in [4.78, 5) is 0.155.